The van der Waals surface area contributed by atoms with Gasteiger partial charge < -0.3 is 4.42 Å². The third-order valence-electron chi connectivity index (χ3n) is 3.34. The van der Waals surface area contributed by atoms with Crippen LogP contribution in [-0.2, 0) is 0 Å². The average molecular weight is 253 g/mol. The molecule has 0 saturated carbocycles. The minimum atomic E-state index is 0.660. The molecule has 0 aliphatic rings. The summed E-state index contributed by atoms with van der Waals surface area (Å²) in [6.45, 7) is 0. The Hall–Kier alpha value is -1.99. The molecule has 0 aliphatic heterocycles. The number of benzene rings is 3. The number of furan rings is 1. The van der Waals surface area contributed by atoms with Crippen molar-refractivity contribution in [2.24, 2.45) is 0 Å². The number of para-hydroxylation sites is 1. The van der Waals surface area contributed by atoms with Gasteiger partial charge in [0, 0.05) is 16.2 Å². The first-order valence-electron chi connectivity index (χ1n) is 5.83. The fourth-order valence-corrected chi connectivity index (χ4v) is 2.70. The van der Waals surface area contributed by atoms with Crippen LogP contribution in [0.15, 0.2) is 59.0 Å². The second-order valence-electron chi connectivity index (χ2n) is 4.38. The molecule has 1 heterocycles. The predicted octanol–water partition coefficient (Wildman–Crippen LogP) is 5.39. The van der Waals surface area contributed by atoms with E-state index in [1.807, 2.05) is 30.3 Å². The maximum atomic E-state index is 6.19. The molecule has 86 valence electrons. The normalized spacial score (nSPS) is 11.6. The molecule has 0 spiro atoms. The minimum Gasteiger partial charge on any atom is -0.454 e. The van der Waals surface area contributed by atoms with Crippen LogP contribution in [0, 0.1) is 0 Å². The number of fused-ring (bicyclic) bond motifs is 5. The molecular formula is C16H9ClO. The van der Waals surface area contributed by atoms with E-state index in [0.717, 1.165) is 27.3 Å². The van der Waals surface area contributed by atoms with Gasteiger partial charge in [-0.3, -0.25) is 0 Å². The smallest absolute Gasteiger partial charge is 0.154 e. The van der Waals surface area contributed by atoms with Crippen molar-refractivity contribution in [1.82, 2.24) is 0 Å². The monoisotopic (exact) mass is 252 g/mol. The Balaban J connectivity index is 2.33. The maximum Gasteiger partial charge on any atom is 0.154 e. The Morgan fingerprint density at radius 2 is 1.44 bits per heavy atom. The molecule has 0 atom stereocenters. The molecule has 1 aromatic heterocycles. The van der Waals surface area contributed by atoms with Gasteiger partial charge >= 0.3 is 0 Å². The second-order valence-corrected chi connectivity index (χ2v) is 4.79. The van der Waals surface area contributed by atoms with Crippen molar-refractivity contribution in [3.63, 3.8) is 0 Å². The van der Waals surface area contributed by atoms with Crippen molar-refractivity contribution in [1.29, 1.82) is 0 Å². The molecule has 18 heavy (non-hydrogen) atoms. The van der Waals surface area contributed by atoms with Crippen LogP contribution in [0.25, 0.3) is 32.7 Å². The molecule has 0 amide bonds. The Labute approximate surface area is 109 Å². The Bertz CT molecular complexity index is 889. The molecule has 0 radical (unpaired) electrons. The van der Waals surface area contributed by atoms with Crippen molar-refractivity contribution in [2.45, 2.75) is 0 Å². The molecule has 0 bridgehead atoms. The molecule has 0 aliphatic carbocycles. The van der Waals surface area contributed by atoms with E-state index in [2.05, 4.69) is 24.3 Å². The van der Waals surface area contributed by atoms with E-state index in [1.54, 1.807) is 0 Å². The first-order chi connectivity index (χ1) is 8.84. The highest BCUT2D eigenvalue weighted by atomic mass is 35.5. The van der Waals surface area contributed by atoms with Crippen LogP contribution in [0.1, 0.15) is 0 Å². The van der Waals surface area contributed by atoms with Crippen LogP contribution in [0.4, 0.5) is 0 Å². The molecule has 4 aromatic rings. The summed E-state index contributed by atoms with van der Waals surface area (Å²) in [5.74, 6) is 0. The van der Waals surface area contributed by atoms with Crippen molar-refractivity contribution in [3.05, 3.63) is 59.6 Å². The van der Waals surface area contributed by atoms with E-state index in [0.29, 0.717) is 5.02 Å². The number of halogens is 1. The lowest BCUT2D eigenvalue weighted by atomic mass is 10.1. The molecule has 2 heteroatoms. The van der Waals surface area contributed by atoms with Gasteiger partial charge in [-0.25, -0.2) is 0 Å². The summed E-state index contributed by atoms with van der Waals surface area (Å²) in [7, 11) is 0. The van der Waals surface area contributed by atoms with E-state index in [4.69, 9.17) is 16.0 Å². The summed E-state index contributed by atoms with van der Waals surface area (Å²) in [4.78, 5) is 0. The van der Waals surface area contributed by atoms with Gasteiger partial charge in [0.2, 0.25) is 0 Å². The first-order valence-corrected chi connectivity index (χ1v) is 6.21. The van der Waals surface area contributed by atoms with Gasteiger partial charge in [0.1, 0.15) is 5.58 Å². The number of hydrogen-bond donors (Lipinski definition) is 0. The molecular weight excluding hydrogens is 244 g/mol. The molecule has 4 rings (SSSR count). The van der Waals surface area contributed by atoms with Crippen LogP contribution in [-0.4, -0.2) is 0 Å². The summed E-state index contributed by atoms with van der Waals surface area (Å²) in [6.07, 6.45) is 0. The quantitative estimate of drug-likeness (QED) is 0.409. The van der Waals surface area contributed by atoms with Crippen molar-refractivity contribution >= 4 is 44.3 Å². The Morgan fingerprint density at radius 3 is 2.39 bits per heavy atom. The van der Waals surface area contributed by atoms with Crippen LogP contribution in [0.2, 0.25) is 5.02 Å². The van der Waals surface area contributed by atoms with E-state index in [-0.39, 0.29) is 0 Å². The third kappa shape index (κ3) is 1.22. The van der Waals surface area contributed by atoms with E-state index < -0.39 is 0 Å². The fourth-order valence-electron chi connectivity index (χ4n) is 2.49. The summed E-state index contributed by atoms with van der Waals surface area (Å²) < 4.78 is 5.96. The lowest BCUT2D eigenvalue weighted by Crippen LogP contribution is -1.72. The zero-order valence-corrected chi connectivity index (χ0v) is 10.2. The van der Waals surface area contributed by atoms with Gasteiger partial charge in [-0.2, -0.15) is 0 Å². The Morgan fingerprint density at radius 1 is 0.667 bits per heavy atom. The molecule has 0 N–H and O–H groups in total. The van der Waals surface area contributed by atoms with Crippen LogP contribution in [0.3, 0.4) is 0 Å². The van der Waals surface area contributed by atoms with Gasteiger partial charge in [0.25, 0.3) is 0 Å². The largest absolute Gasteiger partial charge is 0.454 e. The maximum absolute atomic E-state index is 6.19. The highest BCUT2D eigenvalue weighted by Gasteiger charge is 2.11. The Kier molecular flexibility index (Phi) is 1.94. The standard InChI is InChI=1S/C16H9ClO/c17-14-7-3-6-12-13-9-8-10-4-1-2-5-11(10)15(13)18-16(12)14/h1-9H. The zero-order valence-electron chi connectivity index (χ0n) is 9.48. The van der Waals surface area contributed by atoms with E-state index >= 15 is 0 Å². The predicted molar refractivity (Wildman–Crippen MR) is 76.2 cm³/mol. The van der Waals surface area contributed by atoms with Crippen molar-refractivity contribution in [3.8, 4) is 0 Å². The lowest BCUT2D eigenvalue weighted by molar-refractivity contribution is 0.673. The topological polar surface area (TPSA) is 13.1 Å². The fraction of sp³-hybridized carbons (Fsp3) is 0. The van der Waals surface area contributed by atoms with Crippen LogP contribution >= 0.6 is 11.6 Å². The SMILES string of the molecule is Clc1cccc2c1oc1c3ccccc3ccc21. The third-order valence-corrected chi connectivity index (χ3v) is 3.64. The number of hydrogen-bond acceptors (Lipinski definition) is 1. The number of rotatable bonds is 0. The average Bonchev–Trinajstić information content (AvgIpc) is 2.79. The molecule has 1 nitrogen and oxygen atoms in total. The first kappa shape index (κ1) is 9.98. The van der Waals surface area contributed by atoms with E-state index in [9.17, 15) is 0 Å². The van der Waals surface area contributed by atoms with Crippen molar-refractivity contribution in [2.75, 3.05) is 0 Å². The zero-order chi connectivity index (χ0) is 12.1. The lowest BCUT2D eigenvalue weighted by Gasteiger charge is -1.97. The van der Waals surface area contributed by atoms with Gasteiger partial charge in [0.15, 0.2) is 5.58 Å². The minimum absolute atomic E-state index is 0.660. The second kappa shape index (κ2) is 3.50. The molecule has 0 saturated heterocycles. The van der Waals surface area contributed by atoms with Gasteiger partial charge in [-0.15, -0.1) is 0 Å². The van der Waals surface area contributed by atoms with Crippen LogP contribution in [0.5, 0.6) is 0 Å². The summed E-state index contributed by atoms with van der Waals surface area (Å²) in [6, 6.07) is 18.3. The van der Waals surface area contributed by atoms with Gasteiger partial charge in [-0.05, 0) is 17.5 Å². The van der Waals surface area contributed by atoms with E-state index in [1.165, 1.54) is 5.39 Å². The van der Waals surface area contributed by atoms with Crippen LogP contribution < -0.4 is 0 Å². The molecule has 3 aromatic carbocycles. The van der Waals surface area contributed by atoms with Gasteiger partial charge in [-0.1, -0.05) is 54.1 Å². The van der Waals surface area contributed by atoms with Crippen molar-refractivity contribution < 1.29 is 4.42 Å². The molecule has 0 unspecified atom stereocenters. The van der Waals surface area contributed by atoms with Gasteiger partial charge in [0.05, 0.1) is 5.02 Å². The summed E-state index contributed by atoms with van der Waals surface area (Å²) in [5.41, 5.74) is 1.68. The highest BCUT2D eigenvalue weighted by molar-refractivity contribution is 6.36. The highest BCUT2D eigenvalue weighted by Crippen LogP contribution is 2.36. The molecule has 0 fully saturated rings. The summed E-state index contributed by atoms with van der Waals surface area (Å²) in [5, 5.41) is 5.16. The summed E-state index contributed by atoms with van der Waals surface area (Å²) >= 11 is 6.19.